The number of carbonyl (C=O) groups excluding carboxylic acids is 1. The summed E-state index contributed by atoms with van der Waals surface area (Å²) in [6.07, 6.45) is 2.90. The Labute approximate surface area is 208 Å². The largest absolute Gasteiger partial charge is 0.348 e. The second-order valence-corrected chi connectivity index (χ2v) is 10.3. The van der Waals surface area contributed by atoms with E-state index in [-0.39, 0.29) is 28.2 Å². The first-order valence-electron chi connectivity index (χ1n) is 9.49. The molecule has 0 unspecified atom stereocenters. The van der Waals surface area contributed by atoms with Gasteiger partial charge in [-0.3, -0.25) is 19.5 Å². The van der Waals surface area contributed by atoms with Crippen LogP contribution in [0, 0.1) is 0 Å². The fraction of sp³-hybridized carbons (Fsp3) is 0.0455. The second kappa shape index (κ2) is 9.64. The lowest BCUT2D eigenvalue weighted by atomic mass is 10.1. The molecule has 0 saturated carbocycles. The molecule has 168 valence electrons. The van der Waals surface area contributed by atoms with Crippen molar-refractivity contribution in [3.05, 3.63) is 92.6 Å². The summed E-state index contributed by atoms with van der Waals surface area (Å²) in [4.78, 5) is 21.2. The van der Waals surface area contributed by atoms with Crippen LogP contribution >= 0.6 is 39.1 Å². The van der Waals surface area contributed by atoms with Crippen molar-refractivity contribution >= 4 is 71.8 Å². The van der Waals surface area contributed by atoms with Crippen LogP contribution in [0.4, 0.5) is 5.69 Å². The molecule has 4 aromatic rings. The van der Waals surface area contributed by atoms with E-state index < -0.39 is 15.9 Å². The van der Waals surface area contributed by atoms with E-state index in [2.05, 4.69) is 35.9 Å². The summed E-state index contributed by atoms with van der Waals surface area (Å²) in [6.45, 7) is 0.135. The van der Waals surface area contributed by atoms with Crippen LogP contribution in [0.25, 0.3) is 11.0 Å². The van der Waals surface area contributed by atoms with Crippen LogP contribution in [0.5, 0.6) is 0 Å². The van der Waals surface area contributed by atoms with E-state index in [1.54, 1.807) is 36.4 Å². The number of benzene rings is 3. The van der Waals surface area contributed by atoms with Crippen LogP contribution in [0.15, 0.2) is 76.4 Å². The number of nitrogens with zero attached hydrogens (tertiary/aromatic N) is 2. The lowest BCUT2D eigenvalue weighted by Gasteiger charge is -2.14. The quantitative estimate of drug-likeness (QED) is 0.324. The van der Waals surface area contributed by atoms with Crippen molar-refractivity contribution in [2.24, 2.45) is 0 Å². The van der Waals surface area contributed by atoms with Gasteiger partial charge in [-0.05, 0) is 48.0 Å². The highest BCUT2D eigenvalue weighted by Gasteiger charge is 2.22. The Balaban J connectivity index is 1.63. The topological polar surface area (TPSA) is 101 Å². The van der Waals surface area contributed by atoms with Gasteiger partial charge in [0.05, 0.1) is 16.8 Å². The van der Waals surface area contributed by atoms with E-state index in [1.807, 2.05) is 0 Å². The molecule has 0 fully saturated rings. The number of nitrogens with one attached hydrogen (secondary N) is 2. The normalized spacial score (nSPS) is 11.4. The number of fused-ring (bicyclic) bond motifs is 1. The molecule has 2 N–H and O–H groups in total. The Hall–Kier alpha value is -2.72. The zero-order valence-corrected chi connectivity index (χ0v) is 20.6. The Morgan fingerprint density at radius 3 is 2.58 bits per heavy atom. The third-order valence-electron chi connectivity index (χ3n) is 4.68. The molecule has 1 aromatic heterocycles. The minimum Gasteiger partial charge on any atom is -0.348 e. The number of para-hydroxylation sites is 1. The van der Waals surface area contributed by atoms with Crippen LogP contribution in [0.3, 0.4) is 0 Å². The lowest BCUT2D eigenvalue weighted by molar-refractivity contribution is 0.0952. The molecular weight excluding hydrogens is 551 g/mol. The number of amides is 1. The second-order valence-electron chi connectivity index (χ2n) is 6.89. The standard InChI is InChI=1S/C22H15BrCl2N4O3S/c23-14-5-7-16(22(30)28-12-13-4-6-15(24)11-17(13)25)19(10-14)29-33(31,32)20-3-1-2-18-21(20)27-9-8-26-18/h1-11,29H,12H2,(H,28,30). The third kappa shape index (κ3) is 5.27. The predicted molar refractivity (Wildman–Crippen MR) is 132 cm³/mol. The molecule has 0 bridgehead atoms. The van der Waals surface area contributed by atoms with E-state index in [0.717, 1.165) is 0 Å². The molecule has 1 heterocycles. The van der Waals surface area contributed by atoms with Crippen molar-refractivity contribution in [1.82, 2.24) is 15.3 Å². The Morgan fingerprint density at radius 2 is 1.79 bits per heavy atom. The van der Waals surface area contributed by atoms with Crippen molar-refractivity contribution in [3.63, 3.8) is 0 Å². The van der Waals surface area contributed by atoms with Gasteiger partial charge in [-0.15, -0.1) is 0 Å². The van der Waals surface area contributed by atoms with Gasteiger partial charge in [-0.2, -0.15) is 0 Å². The number of hydrogen-bond donors (Lipinski definition) is 2. The molecule has 7 nitrogen and oxygen atoms in total. The van der Waals surface area contributed by atoms with Gasteiger partial charge in [0, 0.05) is 33.5 Å². The van der Waals surface area contributed by atoms with Gasteiger partial charge in [0.15, 0.2) is 0 Å². The molecule has 1 amide bonds. The average molecular weight is 566 g/mol. The third-order valence-corrected chi connectivity index (χ3v) is 7.15. The average Bonchev–Trinajstić information content (AvgIpc) is 2.77. The van der Waals surface area contributed by atoms with Crippen molar-refractivity contribution in [2.75, 3.05) is 4.72 Å². The fourth-order valence-electron chi connectivity index (χ4n) is 3.12. The van der Waals surface area contributed by atoms with Gasteiger partial charge in [0.1, 0.15) is 10.4 Å². The fourth-order valence-corrected chi connectivity index (χ4v) is 5.19. The van der Waals surface area contributed by atoms with Crippen molar-refractivity contribution in [1.29, 1.82) is 0 Å². The molecule has 3 aromatic carbocycles. The summed E-state index contributed by atoms with van der Waals surface area (Å²) in [5.74, 6) is -0.482. The summed E-state index contributed by atoms with van der Waals surface area (Å²) in [7, 11) is -4.08. The molecule has 0 radical (unpaired) electrons. The number of carbonyl (C=O) groups is 1. The van der Waals surface area contributed by atoms with E-state index in [9.17, 15) is 13.2 Å². The smallest absolute Gasteiger partial charge is 0.264 e. The zero-order valence-electron chi connectivity index (χ0n) is 16.7. The Kier molecular flexibility index (Phi) is 6.85. The van der Waals surface area contributed by atoms with Gasteiger partial charge in [0.2, 0.25) is 0 Å². The van der Waals surface area contributed by atoms with Crippen molar-refractivity contribution in [3.8, 4) is 0 Å². The maximum absolute atomic E-state index is 13.2. The maximum atomic E-state index is 13.2. The lowest BCUT2D eigenvalue weighted by Crippen LogP contribution is -2.25. The number of aromatic nitrogens is 2. The minimum atomic E-state index is -4.08. The van der Waals surface area contributed by atoms with Gasteiger partial charge in [-0.1, -0.05) is 51.3 Å². The molecule has 0 spiro atoms. The van der Waals surface area contributed by atoms with Crippen molar-refractivity contribution in [2.45, 2.75) is 11.4 Å². The first-order chi connectivity index (χ1) is 15.7. The van der Waals surface area contributed by atoms with E-state index >= 15 is 0 Å². The van der Waals surface area contributed by atoms with Gasteiger partial charge < -0.3 is 5.32 Å². The number of anilines is 1. The van der Waals surface area contributed by atoms with Crippen LogP contribution < -0.4 is 10.0 Å². The van der Waals surface area contributed by atoms with Crippen LogP contribution in [-0.4, -0.2) is 24.3 Å². The highest BCUT2D eigenvalue weighted by Crippen LogP contribution is 2.27. The molecule has 33 heavy (non-hydrogen) atoms. The van der Waals surface area contributed by atoms with Gasteiger partial charge >= 0.3 is 0 Å². The number of halogens is 3. The summed E-state index contributed by atoms with van der Waals surface area (Å²) < 4.78 is 29.5. The van der Waals surface area contributed by atoms with Crippen LogP contribution in [-0.2, 0) is 16.6 Å². The first-order valence-corrected chi connectivity index (χ1v) is 12.5. The van der Waals surface area contributed by atoms with Crippen molar-refractivity contribution < 1.29 is 13.2 Å². The number of rotatable bonds is 6. The highest BCUT2D eigenvalue weighted by molar-refractivity contribution is 9.10. The molecular formula is C22H15BrCl2N4O3S. The summed E-state index contributed by atoms with van der Waals surface area (Å²) in [5.41, 5.74) is 1.57. The molecule has 0 aliphatic carbocycles. The molecule has 0 aliphatic rings. The molecule has 0 atom stereocenters. The molecule has 0 aliphatic heterocycles. The summed E-state index contributed by atoms with van der Waals surface area (Å²) in [6, 6.07) is 14.3. The molecule has 4 rings (SSSR count). The summed E-state index contributed by atoms with van der Waals surface area (Å²) >= 11 is 15.4. The number of sulfonamides is 1. The van der Waals surface area contributed by atoms with E-state index in [1.165, 1.54) is 30.6 Å². The minimum absolute atomic E-state index is 0.0487. The van der Waals surface area contributed by atoms with Gasteiger partial charge in [0.25, 0.3) is 15.9 Å². The summed E-state index contributed by atoms with van der Waals surface area (Å²) in [5, 5.41) is 3.65. The van der Waals surface area contributed by atoms with E-state index in [0.29, 0.717) is 25.6 Å². The Morgan fingerprint density at radius 1 is 1.00 bits per heavy atom. The molecule has 11 heteroatoms. The maximum Gasteiger partial charge on any atom is 0.264 e. The first kappa shape index (κ1) is 23.4. The number of hydrogen-bond acceptors (Lipinski definition) is 5. The SMILES string of the molecule is O=C(NCc1ccc(Cl)cc1Cl)c1ccc(Br)cc1NS(=O)(=O)c1cccc2nccnc12. The Bertz CT molecular complexity index is 1480. The monoisotopic (exact) mass is 564 g/mol. The predicted octanol–water partition coefficient (Wildman–Crippen LogP) is 5.43. The van der Waals surface area contributed by atoms with Crippen LogP contribution in [0.2, 0.25) is 10.0 Å². The van der Waals surface area contributed by atoms with Gasteiger partial charge in [-0.25, -0.2) is 8.42 Å². The zero-order chi connectivity index (χ0) is 23.6. The van der Waals surface area contributed by atoms with E-state index in [4.69, 9.17) is 23.2 Å². The highest BCUT2D eigenvalue weighted by atomic mass is 79.9. The molecule has 0 saturated heterocycles. The van der Waals surface area contributed by atoms with Crippen LogP contribution in [0.1, 0.15) is 15.9 Å².